The van der Waals surface area contributed by atoms with E-state index in [0.717, 1.165) is 18.4 Å². The molecule has 124 valence electrons. The van der Waals surface area contributed by atoms with Gasteiger partial charge in [-0.2, -0.15) is 8.42 Å². The van der Waals surface area contributed by atoms with Crippen LogP contribution in [0.2, 0.25) is 0 Å². The quantitative estimate of drug-likeness (QED) is 0.860. The zero-order valence-electron chi connectivity index (χ0n) is 13.1. The number of fused-ring (bicyclic) bond motifs is 1. The van der Waals surface area contributed by atoms with Gasteiger partial charge in [0.1, 0.15) is 5.75 Å². The molecule has 0 spiro atoms. The van der Waals surface area contributed by atoms with Crippen LogP contribution in [0, 0.1) is 0 Å². The molecule has 22 heavy (non-hydrogen) atoms. The van der Waals surface area contributed by atoms with Crippen molar-refractivity contribution >= 4 is 16.4 Å². The first-order valence-electron chi connectivity index (χ1n) is 7.46. The van der Waals surface area contributed by atoms with E-state index in [-0.39, 0.29) is 17.7 Å². The van der Waals surface area contributed by atoms with Crippen molar-refractivity contribution in [3.05, 3.63) is 29.3 Å². The van der Waals surface area contributed by atoms with Crippen molar-refractivity contribution in [2.24, 2.45) is 0 Å². The number of carbonyl (C=O) groups excluding carboxylic acids is 1. The van der Waals surface area contributed by atoms with Gasteiger partial charge in [0.25, 0.3) is 0 Å². The van der Waals surface area contributed by atoms with Crippen molar-refractivity contribution in [3.63, 3.8) is 0 Å². The average molecular weight is 331 g/mol. The van der Waals surface area contributed by atoms with Crippen LogP contribution >= 0.6 is 0 Å². The second kappa shape index (κ2) is 8.12. The van der Waals surface area contributed by atoms with E-state index in [1.165, 1.54) is 6.07 Å². The predicted molar refractivity (Wildman–Crippen MR) is 82.6 cm³/mol. The maximum absolute atomic E-state index is 12.7. The Morgan fingerprint density at radius 2 is 2.09 bits per heavy atom. The number of benzene rings is 1. The lowest BCUT2D eigenvalue weighted by atomic mass is 9.87. The smallest absolute Gasteiger partial charge is 0.358 e. The fraction of sp³-hybridized carbons (Fsp3) is 0.533. The molecule has 1 N–H and O–H groups in total. The van der Waals surface area contributed by atoms with Gasteiger partial charge in [0.05, 0.1) is 6.04 Å². The Kier molecular flexibility index (Phi) is 6.80. The number of nitrogens with one attached hydrogen (secondary N) is 1. The van der Waals surface area contributed by atoms with Crippen molar-refractivity contribution in [2.75, 3.05) is 0 Å². The summed E-state index contributed by atoms with van der Waals surface area (Å²) in [5, 5.41) is 2.88. The highest BCUT2D eigenvalue weighted by molar-refractivity contribution is 7.81. The van der Waals surface area contributed by atoms with Gasteiger partial charge in [-0.25, -0.2) is 0 Å². The van der Waals surface area contributed by atoms with Crippen molar-refractivity contribution in [1.29, 1.82) is 0 Å². The molecule has 0 saturated carbocycles. The van der Waals surface area contributed by atoms with Crippen LogP contribution in [0.5, 0.6) is 5.75 Å². The van der Waals surface area contributed by atoms with Gasteiger partial charge < -0.3 is 9.50 Å². The molecule has 0 saturated heterocycles. The summed E-state index contributed by atoms with van der Waals surface area (Å²) in [7, 11) is -5.04. The molecule has 1 aromatic rings. The molecule has 1 aliphatic carbocycles. The Bertz CT molecular complexity index is 616. The highest BCUT2D eigenvalue weighted by Crippen LogP contribution is 2.36. The van der Waals surface area contributed by atoms with E-state index in [1.807, 2.05) is 13.8 Å². The molecule has 7 heteroatoms. The Balaban J connectivity index is 0.00000116. The van der Waals surface area contributed by atoms with E-state index in [9.17, 15) is 17.1 Å². The van der Waals surface area contributed by atoms with Crippen LogP contribution in [0.25, 0.3) is 0 Å². The number of hydrogen-bond donors (Lipinski definition) is 1. The number of amides is 1. The monoisotopic (exact) mass is 331 g/mol. The lowest BCUT2D eigenvalue weighted by molar-refractivity contribution is -0.121. The number of halogens is 1. The minimum absolute atomic E-state index is 0.000414. The summed E-state index contributed by atoms with van der Waals surface area (Å²) in [4.78, 5) is 11.5. The van der Waals surface area contributed by atoms with Crippen LogP contribution in [0.3, 0.4) is 0 Å². The van der Waals surface area contributed by atoms with E-state index >= 15 is 0 Å². The van der Waals surface area contributed by atoms with E-state index in [2.05, 4.69) is 9.50 Å². The first kappa shape index (κ1) is 18.4. The van der Waals surface area contributed by atoms with Crippen LogP contribution in [0.15, 0.2) is 18.2 Å². The molecule has 0 aromatic heterocycles. The van der Waals surface area contributed by atoms with Gasteiger partial charge in [-0.15, -0.1) is 0 Å². The van der Waals surface area contributed by atoms with Crippen molar-refractivity contribution in [1.82, 2.24) is 5.32 Å². The van der Waals surface area contributed by atoms with E-state index in [1.54, 1.807) is 19.1 Å². The molecule has 0 radical (unpaired) electrons. The second-order valence-corrected chi connectivity index (χ2v) is 5.62. The molecular formula is C15H22FNO4S. The van der Waals surface area contributed by atoms with Gasteiger partial charge >= 0.3 is 10.5 Å². The summed E-state index contributed by atoms with van der Waals surface area (Å²) in [6.07, 6.45) is 2.51. The molecule has 0 fully saturated rings. The summed E-state index contributed by atoms with van der Waals surface area (Å²) in [5.41, 5.74) is 1.43. The number of rotatable bonds is 4. The van der Waals surface area contributed by atoms with Gasteiger partial charge in [-0.3, -0.25) is 4.79 Å². The Morgan fingerprint density at radius 1 is 1.41 bits per heavy atom. The van der Waals surface area contributed by atoms with Gasteiger partial charge in [0.15, 0.2) is 0 Å². The third kappa shape index (κ3) is 4.98. The molecule has 1 aliphatic rings. The summed E-state index contributed by atoms with van der Waals surface area (Å²) >= 11 is 0. The maximum atomic E-state index is 12.7. The van der Waals surface area contributed by atoms with Crippen LogP contribution in [0.4, 0.5) is 3.89 Å². The van der Waals surface area contributed by atoms with Crippen LogP contribution in [0.1, 0.15) is 57.2 Å². The van der Waals surface area contributed by atoms with Crippen LogP contribution in [-0.4, -0.2) is 14.3 Å². The van der Waals surface area contributed by atoms with E-state index in [0.29, 0.717) is 18.4 Å². The molecule has 0 bridgehead atoms. The summed E-state index contributed by atoms with van der Waals surface area (Å²) in [5.74, 6) is -0.0762. The van der Waals surface area contributed by atoms with Crippen molar-refractivity contribution in [2.45, 2.75) is 52.5 Å². The fourth-order valence-electron chi connectivity index (χ4n) is 2.45. The van der Waals surface area contributed by atoms with E-state index < -0.39 is 10.5 Å². The molecule has 1 atom stereocenters. The predicted octanol–water partition coefficient (Wildman–Crippen LogP) is 3.21. The largest absolute Gasteiger partial charge is 0.488 e. The molecule has 1 amide bonds. The van der Waals surface area contributed by atoms with Gasteiger partial charge in [0.2, 0.25) is 5.91 Å². The lowest BCUT2D eigenvalue weighted by Crippen LogP contribution is -2.30. The van der Waals surface area contributed by atoms with Gasteiger partial charge in [-0.05, 0) is 30.9 Å². The zero-order valence-corrected chi connectivity index (χ0v) is 13.9. The Hall–Kier alpha value is -1.63. The molecule has 0 heterocycles. The van der Waals surface area contributed by atoms with E-state index in [4.69, 9.17) is 0 Å². The summed E-state index contributed by atoms with van der Waals surface area (Å²) in [6.45, 7) is 5.76. The highest BCUT2D eigenvalue weighted by atomic mass is 32.3. The van der Waals surface area contributed by atoms with Crippen LogP contribution in [-0.2, 0) is 21.7 Å². The van der Waals surface area contributed by atoms with Crippen LogP contribution < -0.4 is 9.50 Å². The minimum Gasteiger partial charge on any atom is -0.358 e. The molecule has 5 nitrogen and oxygen atoms in total. The Labute approximate surface area is 131 Å². The third-order valence-electron chi connectivity index (χ3n) is 3.31. The molecule has 2 rings (SSSR count). The minimum atomic E-state index is -5.04. The molecule has 1 unspecified atom stereocenters. The first-order chi connectivity index (χ1) is 10.4. The average Bonchev–Trinajstić information content (AvgIpc) is 2.48. The maximum Gasteiger partial charge on any atom is 0.488 e. The third-order valence-corrected chi connectivity index (χ3v) is 3.69. The standard InChI is InChI=1S/C13H16FNO4S.C2H6/c1-2-13(16)15-11-7-3-6-10-9(11)5-4-8-12(10)19-20(14,17)18;1-2/h4-5,8,11H,2-3,6-7H2,1H3,(H,15,16);1-2H3. The fourth-order valence-corrected chi connectivity index (χ4v) is 2.82. The molecule has 1 aromatic carbocycles. The van der Waals surface area contributed by atoms with Crippen molar-refractivity contribution < 1.29 is 21.3 Å². The van der Waals surface area contributed by atoms with Gasteiger partial charge in [-0.1, -0.05) is 36.8 Å². The second-order valence-electron chi connectivity index (χ2n) is 4.67. The number of hydrogen-bond acceptors (Lipinski definition) is 4. The summed E-state index contributed by atoms with van der Waals surface area (Å²) < 4.78 is 38.3. The normalized spacial score (nSPS) is 16.8. The Morgan fingerprint density at radius 3 is 2.68 bits per heavy atom. The summed E-state index contributed by atoms with van der Waals surface area (Å²) in [6, 6.07) is 4.62. The molecular weight excluding hydrogens is 309 g/mol. The zero-order chi connectivity index (χ0) is 16.8. The number of carbonyl (C=O) groups is 1. The highest BCUT2D eigenvalue weighted by Gasteiger charge is 2.25. The topological polar surface area (TPSA) is 72.5 Å². The first-order valence-corrected chi connectivity index (χ1v) is 8.76. The van der Waals surface area contributed by atoms with Crippen molar-refractivity contribution in [3.8, 4) is 5.75 Å². The molecule has 0 aliphatic heterocycles. The lowest BCUT2D eigenvalue weighted by Gasteiger charge is -2.27. The SMILES string of the molecule is CC.CCC(=O)NC1CCCc2c(OS(=O)(=O)F)cccc21. The van der Waals surface area contributed by atoms with Gasteiger partial charge in [0, 0.05) is 12.0 Å².